The first-order chi connectivity index (χ1) is 12.3. The lowest BCUT2D eigenvalue weighted by atomic mass is 10.0. The number of benzene rings is 2. The molecule has 25 heavy (non-hydrogen) atoms. The van der Waals surface area contributed by atoms with Crippen molar-refractivity contribution in [1.29, 1.82) is 0 Å². The molecule has 1 atom stereocenters. The highest BCUT2D eigenvalue weighted by Gasteiger charge is 2.24. The molecule has 0 bridgehead atoms. The number of nitrogens with one attached hydrogen (secondary N) is 1. The Hall–Kier alpha value is -1.84. The Morgan fingerprint density at radius 2 is 1.60 bits per heavy atom. The van der Waals surface area contributed by atoms with E-state index in [-0.39, 0.29) is 11.9 Å². The molecule has 0 aliphatic carbocycles. The molecule has 1 unspecified atom stereocenters. The van der Waals surface area contributed by atoms with E-state index in [0.717, 1.165) is 23.7 Å². The number of likely N-dealkylation sites (tertiary alicyclic amines) is 1. The maximum absolute atomic E-state index is 12.5. The van der Waals surface area contributed by atoms with Gasteiger partial charge in [0.2, 0.25) is 0 Å². The van der Waals surface area contributed by atoms with Gasteiger partial charge in [-0.25, -0.2) is 0 Å². The predicted octanol–water partition coefficient (Wildman–Crippen LogP) is 4.69. The summed E-state index contributed by atoms with van der Waals surface area (Å²) in [6.07, 6.45) is 4.96. The monoisotopic (exact) mass is 356 g/mol. The first-order valence-electron chi connectivity index (χ1n) is 9.07. The van der Waals surface area contributed by atoms with Crippen molar-refractivity contribution in [2.75, 3.05) is 19.6 Å². The van der Waals surface area contributed by atoms with Gasteiger partial charge in [-0.2, -0.15) is 0 Å². The van der Waals surface area contributed by atoms with E-state index < -0.39 is 0 Å². The van der Waals surface area contributed by atoms with Crippen LogP contribution in [0.5, 0.6) is 0 Å². The van der Waals surface area contributed by atoms with Gasteiger partial charge in [0.05, 0.1) is 6.04 Å². The van der Waals surface area contributed by atoms with E-state index in [9.17, 15) is 4.79 Å². The van der Waals surface area contributed by atoms with Crippen molar-refractivity contribution in [2.45, 2.75) is 31.7 Å². The molecular weight excluding hydrogens is 332 g/mol. The van der Waals surface area contributed by atoms with E-state index in [2.05, 4.69) is 16.3 Å². The number of nitrogens with zero attached hydrogens (tertiary/aromatic N) is 1. The molecule has 2 aromatic carbocycles. The molecule has 0 radical (unpaired) electrons. The van der Waals surface area contributed by atoms with Gasteiger partial charge in [-0.3, -0.25) is 9.69 Å². The molecule has 0 saturated carbocycles. The van der Waals surface area contributed by atoms with Crippen molar-refractivity contribution < 1.29 is 4.79 Å². The number of carbonyl (C=O) groups is 1. The van der Waals surface area contributed by atoms with Crippen molar-refractivity contribution in [1.82, 2.24) is 10.2 Å². The topological polar surface area (TPSA) is 32.3 Å². The zero-order chi connectivity index (χ0) is 17.5. The molecule has 2 aromatic rings. The second kappa shape index (κ2) is 9.02. The number of hydrogen-bond acceptors (Lipinski definition) is 2. The number of amides is 1. The van der Waals surface area contributed by atoms with Gasteiger partial charge in [0, 0.05) is 17.1 Å². The van der Waals surface area contributed by atoms with Crippen molar-refractivity contribution in [3.05, 3.63) is 70.7 Å². The minimum absolute atomic E-state index is 0.0347. The Bertz CT molecular complexity index is 681. The van der Waals surface area contributed by atoms with E-state index in [0.29, 0.717) is 12.1 Å². The fraction of sp³-hybridized carbons (Fsp3) is 0.381. The van der Waals surface area contributed by atoms with E-state index in [1.165, 1.54) is 25.7 Å². The smallest absolute Gasteiger partial charge is 0.251 e. The van der Waals surface area contributed by atoms with E-state index in [1.807, 2.05) is 48.5 Å². The Morgan fingerprint density at radius 1 is 0.960 bits per heavy atom. The minimum atomic E-state index is -0.0347. The number of carbonyl (C=O) groups excluding carboxylic acids is 1. The molecule has 1 aliphatic rings. The molecule has 3 nitrogen and oxygen atoms in total. The van der Waals surface area contributed by atoms with Crippen molar-refractivity contribution >= 4 is 17.5 Å². The van der Waals surface area contributed by atoms with Gasteiger partial charge in [0.25, 0.3) is 5.91 Å². The van der Waals surface area contributed by atoms with Gasteiger partial charge in [-0.15, -0.1) is 0 Å². The lowest BCUT2D eigenvalue weighted by Crippen LogP contribution is -2.38. The zero-order valence-electron chi connectivity index (χ0n) is 14.5. The van der Waals surface area contributed by atoms with Gasteiger partial charge in [0.15, 0.2) is 0 Å². The third-order valence-electron chi connectivity index (χ3n) is 4.84. The van der Waals surface area contributed by atoms with Crippen LogP contribution in [0.25, 0.3) is 0 Å². The van der Waals surface area contributed by atoms with Crippen molar-refractivity contribution in [2.24, 2.45) is 0 Å². The van der Waals surface area contributed by atoms with Crippen LogP contribution in [0.1, 0.15) is 47.6 Å². The van der Waals surface area contributed by atoms with Gasteiger partial charge in [-0.05, 0) is 49.7 Å². The molecule has 1 aliphatic heterocycles. The zero-order valence-corrected chi connectivity index (χ0v) is 15.2. The normalized spacial score (nSPS) is 16.8. The van der Waals surface area contributed by atoms with Crippen LogP contribution < -0.4 is 5.32 Å². The van der Waals surface area contributed by atoms with Gasteiger partial charge >= 0.3 is 0 Å². The number of halogens is 1. The first-order valence-corrected chi connectivity index (χ1v) is 9.45. The van der Waals surface area contributed by atoms with Crippen LogP contribution in [0.3, 0.4) is 0 Å². The summed E-state index contributed by atoms with van der Waals surface area (Å²) in [4.78, 5) is 14.9. The third-order valence-corrected chi connectivity index (χ3v) is 5.18. The van der Waals surface area contributed by atoms with Crippen molar-refractivity contribution in [3.63, 3.8) is 0 Å². The summed E-state index contributed by atoms with van der Waals surface area (Å²) in [5.74, 6) is -0.0347. The summed E-state index contributed by atoms with van der Waals surface area (Å²) in [7, 11) is 0. The predicted molar refractivity (Wildman–Crippen MR) is 103 cm³/mol. The summed E-state index contributed by atoms with van der Waals surface area (Å²) in [5.41, 5.74) is 1.79. The molecule has 3 rings (SSSR count). The lowest BCUT2D eigenvalue weighted by Gasteiger charge is -2.31. The molecule has 1 heterocycles. The third kappa shape index (κ3) is 4.83. The molecule has 1 amide bonds. The largest absolute Gasteiger partial charge is 0.350 e. The van der Waals surface area contributed by atoms with Crippen LogP contribution in [-0.2, 0) is 0 Å². The fourth-order valence-electron chi connectivity index (χ4n) is 3.47. The summed E-state index contributed by atoms with van der Waals surface area (Å²) >= 11 is 6.47. The lowest BCUT2D eigenvalue weighted by molar-refractivity contribution is 0.0933. The quantitative estimate of drug-likeness (QED) is 0.843. The Morgan fingerprint density at radius 3 is 2.28 bits per heavy atom. The van der Waals surface area contributed by atoms with Gasteiger partial charge in [0.1, 0.15) is 0 Å². The van der Waals surface area contributed by atoms with E-state index in [4.69, 9.17) is 11.6 Å². The van der Waals surface area contributed by atoms with Crippen LogP contribution >= 0.6 is 11.6 Å². The number of hydrogen-bond donors (Lipinski definition) is 1. The van der Waals surface area contributed by atoms with E-state index >= 15 is 0 Å². The molecule has 0 aromatic heterocycles. The Kier molecular flexibility index (Phi) is 6.48. The standard InChI is InChI=1S/C21H25ClN2O/c22-19-13-7-6-12-18(19)20(24-14-8-1-2-9-15-24)16-23-21(25)17-10-4-3-5-11-17/h3-7,10-13,20H,1-2,8-9,14-16H2,(H,23,25). The van der Waals surface area contributed by atoms with Crippen LogP contribution in [-0.4, -0.2) is 30.4 Å². The first kappa shape index (κ1) is 18.0. The second-order valence-electron chi connectivity index (χ2n) is 6.56. The molecule has 0 spiro atoms. The summed E-state index contributed by atoms with van der Waals surface area (Å²) in [6, 6.07) is 17.5. The summed E-state index contributed by atoms with van der Waals surface area (Å²) in [5, 5.41) is 3.87. The molecule has 1 N–H and O–H groups in total. The molecule has 4 heteroatoms. The fourth-order valence-corrected chi connectivity index (χ4v) is 3.73. The summed E-state index contributed by atoms with van der Waals surface area (Å²) in [6.45, 7) is 2.67. The number of rotatable bonds is 5. The van der Waals surface area contributed by atoms with Crippen LogP contribution in [0.4, 0.5) is 0 Å². The van der Waals surface area contributed by atoms with Crippen LogP contribution in [0.15, 0.2) is 54.6 Å². The molecule has 132 valence electrons. The molecule has 1 saturated heterocycles. The second-order valence-corrected chi connectivity index (χ2v) is 6.97. The van der Waals surface area contributed by atoms with Crippen molar-refractivity contribution in [3.8, 4) is 0 Å². The van der Waals surface area contributed by atoms with E-state index in [1.54, 1.807) is 0 Å². The SMILES string of the molecule is O=C(NCC(c1ccccc1Cl)N1CCCCCC1)c1ccccc1. The highest BCUT2D eigenvalue weighted by molar-refractivity contribution is 6.31. The average molecular weight is 357 g/mol. The minimum Gasteiger partial charge on any atom is -0.350 e. The Balaban J connectivity index is 1.76. The maximum atomic E-state index is 12.5. The average Bonchev–Trinajstić information content (AvgIpc) is 2.93. The molecular formula is C21H25ClN2O. The van der Waals surface area contributed by atoms with Gasteiger partial charge in [-0.1, -0.05) is 60.8 Å². The van der Waals surface area contributed by atoms with Crippen LogP contribution in [0, 0.1) is 0 Å². The maximum Gasteiger partial charge on any atom is 0.251 e. The highest BCUT2D eigenvalue weighted by atomic mass is 35.5. The van der Waals surface area contributed by atoms with Gasteiger partial charge < -0.3 is 5.32 Å². The summed E-state index contributed by atoms with van der Waals surface area (Å²) < 4.78 is 0. The highest BCUT2D eigenvalue weighted by Crippen LogP contribution is 2.29. The molecule has 1 fully saturated rings. The Labute approximate surface area is 155 Å². The van der Waals surface area contributed by atoms with Crippen LogP contribution in [0.2, 0.25) is 5.02 Å².